The van der Waals surface area contributed by atoms with Gasteiger partial charge in [-0.2, -0.15) is 0 Å². The molecule has 0 aromatic heterocycles. The molecular formula is C8H6O3. The molecule has 56 valence electrons. The summed E-state index contributed by atoms with van der Waals surface area (Å²) in [7, 11) is 0. The number of aliphatic carboxylic acids is 1. The third kappa shape index (κ3) is 1.45. The van der Waals surface area contributed by atoms with E-state index >= 15 is 0 Å². The maximum Gasteiger partial charge on any atom is 0.332 e. The topological polar surface area (TPSA) is 54.4 Å². The zero-order valence-corrected chi connectivity index (χ0v) is 5.65. The molecule has 1 rings (SSSR count). The summed E-state index contributed by atoms with van der Waals surface area (Å²) in [6.45, 7) is 0. The minimum absolute atomic E-state index is 0.0961. The van der Waals surface area contributed by atoms with Gasteiger partial charge in [-0.3, -0.25) is 0 Å². The summed E-state index contributed by atoms with van der Waals surface area (Å²) < 4.78 is 0. The molecular weight excluding hydrogens is 144 g/mol. The summed E-state index contributed by atoms with van der Waals surface area (Å²) in [5, 5.41) is 8.54. The highest BCUT2D eigenvalue weighted by Crippen LogP contribution is 2.13. The van der Waals surface area contributed by atoms with Crippen molar-refractivity contribution in [3.8, 4) is 0 Å². The van der Waals surface area contributed by atoms with Gasteiger partial charge in [-0.1, -0.05) is 0 Å². The van der Waals surface area contributed by atoms with Gasteiger partial charge in [0, 0.05) is 0 Å². The van der Waals surface area contributed by atoms with Crippen LogP contribution in [0.15, 0.2) is 29.5 Å². The number of hydrogen-bond donors (Lipinski definition) is 1. The predicted molar refractivity (Wildman–Crippen MR) is 37.9 cm³/mol. The number of carbonyl (C=O) groups excluding carboxylic acids is 1. The number of aldehydes is 1. The highest BCUT2D eigenvalue weighted by Gasteiger charge is 2.17. The van der Waals surface area contributed by atoms with E-state index in [1.807, 2.05) is 0 Å². The van der Waals surface area contributed by atoms with E-state index < -0.39 is 11.9 Å². The van der Waals surface area contributed by atoms with Crippen LogP contribution in [-0.4, -0.2) is 17.4 Å². The Morgan fingerprint density at radius 1 is 1.73 bits per heavy atom. The zero-order valence-electron chi connectivity index (χ0n) is 5.65. The van der Waals surface area contributed by atoms with Crippen molar-refractivity contribution >= 4 is 12.3 Å². The van der Waals surface area contributed by atoms with Crippen LogP contribution in [0, 0.1) is 5.92 Å². The van der Waals surface area contributed by atoms with Crippen LogP contribution in [0.4, 0.5) is 0 Å². The molecule has 0 radical (unpaired) electrons. The fraction of sp³-hybridized carbons (Fsp3) is 0.125. The van der Waals surface area contributed by atoms with E-state index in [4.69, 9.17) is 5.11 Å². The Bertz CT molecular complexity index is 280. The molecule has 1 N–H and O–H groups in total. The van der Waals surface area contributed by atoms with Crippen molar-refractivity contribution in [3.63, 3.8) is 0 Å². The number of allylic oxidation sites excluding steroid dienone is 2. The van der Waals surface area contributed by atoms with Crippen LogP contribution >= 0.6 is 0 Å². The lowest BCUT2D eigenvalue weighted by molar-refractivity contribution is -0.133. The molecule has 0 amide bonds. The van der Waals surface area contributed by atoms with Crippen molar-refractivity contribution in [3.05, 3.63) is 29.5 Å². The average Bonchev–Trinajstić information content (AvgIpc) is 2.04. The van der Waals surface area contributed by atoms with Crippen LogP contribution in [0.3, 0.4) is 0 Å². The highest BCUT2D eigenvalue weighted by atomic mass is 16.4. The van der Waals surface area contributed by atoms with Gasteiger partial charge in [0.2, 0.25) is 0 Å². The van der Waals surface area contributed by atoms with Gasteiger partial charge in [-0.15, -0.1) is 5.73 Å². The third-order valence-corrected chi connectivity index (χ3v) is 1.39. The van der Waals surface area contributed by atoms with Gasteiger partial charge < -0.3 is 9.90 Å². The lowest BCUT2D eigenvalue weighted by Gasteiger charge is -2.05. The summed E-state index contributed by atoms with van der Waals surface area (Å²) >= 11 is 0. The Balaban J connectivity index is 2.97. The normalized spacial score (nSPS) is 21.1. The largest absolute Gasteiger partial charge is 0.478 e. The number of carboxylic acid groups (broad SMARTS) is 1. The van der Waals surface area contributed by atoms with E-state index in [0.29, 0.717) is 6.29 Å². The Morgan fingerprint density at radius 3 is 2.91 bits per heavy atom. The van der Waals surface area contributed by atoms with Crippen molar-refractivity contribution in [1.29, 1.82) is 0 Å². The predicted octanol–water partition coefficient (Wildman–Crippen LogP) is 0.537. The lowest BCUT2D eigenvalue weighted by Crippen LogP contribution is -2.12. The Kier molecular flexibility index (Phi) is 2.04. The Labute approximate surface area is 63.3 Å². The van der Waals surface area contributed by atoms with Gasteiger partial charge in [-0.05, 0) is 18.2 Å². The first kappa shape index (κ1) is 7.51. The summed E-state index contributed by atoms with van der Waals surface area (Å²) in [4.78, 5) is 20.7. The average molecular weight is 150 g/mol. The third-order valence-electron chi connectivity index (χ3n) is 1.39. The van der Waals surface area contributed by atoms with E-state index in [1.54, 1.807) is 0 Å². The van der Waals surface area contributed by atoms with E-state index in [1.165, 1.54) is 18.2 Å². The van der Waals surface area contributed by atoms with Gasteiger partial charge in [0.05, 0.1) is 11.5 Å². The number of hydrogen-bond acceptors (Lipinski definition) is 2. The number of rotatable bonds is 2. The van der Waals surface area contributed by atoms with Crippen molar-refractivity contribution in [2.24, 2.45) is 5.92 Å². The Hall–Kier alpha value is -1.60. The maximum atomic E-state index is 10.4. The van der Waals surface area contributed by atoms with Crippen molar-refractivity contribution in [2.45, 2.75) is 0 Å². The first-order valence-electron chi connectivity index (χ1n) is 3.07. The molecule has 0 aromatic rings. The molecule has 1 atom stereocenters. The monoisotopic (exact) mass is 150 g/mol. The summed E-state index contributed by atoms with van der Waals surface area (Å²) in [6, 6.07) is 0. The molecule has 0 aliphatic heterocycles. The summed E-state index contributed by atoms with van der Waals surface area (Å²) in [5.74, 6) is -1.70. The van der Waals surface area contributed by atoms with Crippen molar-refractivity contribution < 1.29 is 14.7 Å². The van der Waals surface area contributed by atoms with E-state index in [-0.39, 0.29) is 5.57 Å². The molecule has 0 saturated heterocycles. The second kappa shape index (κ2) is 2.99. The summed E-state index contributed by atoms with van der Waals surface area (Å²) in [6.07, 6.45) is 4.86. The van der Waals surface area contributed by atoms with Gasteiger partial charge in [0.15, 0.2) is 0 Å². The highest BCUT2D eigenvalue weighted by molar-refractivity contribution is 5.92. The number of carbonyl (C=O) groups is 2. The molecule has 0 spiro atoms. The maximum absolute atomic E-state index is 10.4. The van der Waals surface area contributed by atoms with Crippen molar-refractivity contribution in [2.75, 3.05) is 0 Å². The molecule has 0 heterocycles. The molecule has 0 saturated carbocycles. The number of carboxylic acids is 1. The SMILES string of the molecule is O=CC1C=C=CC=C1C(=O)O. The fourth-order valence-corrected chi connectivity index (χ4v) is 0.824. The second-order valence-electron chi connectivity index (χ2n) is 2.09. The quantitative estimate of drug-likeness (QED) is 0.461. The zero-order chi connectivity index (χ0) is 8.27. The first-order valence-corrected chi connectivity index (χ1v) is 3.07. The molecule has 1 aliphatic carbocycles. The van der Waals surface area contributed by atoms with Crippen LogP contribution in [-0.2, 0) is 9.59 Å². The molecule has 0 aromatic carbocycles. The van der Waals surface area contributed by atoms with Crippen LogP contribution in [0.5, 0.6) is 0 Å². The minimum Gasteiger partial charge on any atom is -0.478 e. The smallest absolute Gasteiger partial charge is 0.332 e. The Morgan fingerprint density at radius 2 is 2.45 bits per heavy atom. The fourth-order valence-electron chi connectivity index (χ4n) is 0.824. The van der Waals surface area contributed by atoms with Gasteiger partial charge >= 0.3 is 5.97 Å². The molecule has 3 nitrogen and oxygen atoms in total. The van der Waals surface area contributed by atoms with Crippen LogP contribution in [0.25, 0.3) is 0 Å². The summed E-state index contributed by atoms with van der Waals surface area (Å²) in [5.41, 5.74) is 2.75. The van der Waals surface area contributed by atoms with E-state index in [0.717, 1.165) is 0 Å². The second-order valence-corrected chi connectivity index (χ2v) is 2.09. The van der Waals surface area contributed by atoms with Gasteiger partial charge in [0.1, 0.15) is 6.29 Å². The first-order chi connectivity index (χ1) is 5.25. The van der Waals surface area contributed by atoms with Gasteiger partial charge in [0.25, 0.3) is 0 Å². The van der Waals surface area contributed by atoms with Gasteiger partial charge in [-0.25, -0.2) is 4.79 Å². The molecule has 11 heavy (non-hydrogen) atoms. The molecule has 1 unspecified atom stereocenters. The van der Waals surface area contributed by atoms with Crippen molar-refractivity contribution in [1.82, 2.24) is 0 Å². The molecule has 3 heteroatoms. The molecule has 1 aliphatic rings. The van der Waals surface area contributed by atoms with E-state index in [9.17, 15) is 9.59 Å². The van der Waals surface area contributed by atoms with Crippen LogP contribution < -0.4 is 0 Å². The standard InChI is InChI=1S/C8H6O3/c9-5-6-3-1-2-4-7(6)8(10)11/h2-6H,(H,10,11). The lowest BCUT2D eigenvalue weighted by atomic mass is 9.98. The minimum atomic E-state index is -1.06. The van der Waals surface area contributed by atoms with Crippen LogP contribution in [0.1, 0.15) is 0 Å². The van der Waals surface area contributed by atoms with E-state index in [2.05, 4.69) is 5.73 Å². The molecule has 0 bridgehead atoms. The molecule has 0 fully saturated rings. The van der Waals surface area contributed by atoms with Crippen LogP contribution in [0.2, 0.25) is 0 Å².